The highest BCUT2D eigenvalue weighted by Gasteiger charge is 2.11. The molecule has 2 rings (SSSR count). The van der Waals surface area contributed by atoms with Gasteiger partial charge in [0.25, 0.3) is 0 Å². The first kappa shape index (κ1) is 14.9. The van der Waals surface area contributed by atoms with Crippen molar-refractivity contribution in [3.8, 4) is 0 Å². The van der Waals surface area contributed by atoms with Crippen LogP contribution in [0.3, 0.4) is 0 Å². The van der Waals surface area contributed by atoms with E-state index in [9.17, 15) is 5.11 Å². The fraction of sp³-hybridized carbons (Fsp3) is 0.250. The van der Waals surface area contributed by atoms with Crippen molar-refractivity contribution in [1.29, 1.82) is 0 Å². The number of rotatable bonds is 5. The van der Waals surface area contributed by atoms with Crippen LogP contribution >= 0.6 is 11.6 Å². The third-order valence-corrected chi connectivity index (χ3v) is 3.49. The molecule has 0 aliphatic heterocycles. The van der Waals surface area contributed by atoms with Crippen molar-refractivity contribution < 1.29 is 5.11 Å². The van der Waals surface area contributed by atoms with E-state index in [4.69, 9.17) is 17.3 Å². The lowest BCUT2D eigenvalue weighted by Crippen LogP contribution is -2.24. The van der Waals surface area contributed by atoms with Crippen molar-refractivity contribution in [3.63, 3.8) is 0 Å². The highest BCUT2D eigenvalue weighted by atomic mass is 35.5. The standard InChI is InChI=1S/C16H19ClN2O/c1-19(10-13-4-2-3-5-15(13)18)11-16(20)12-6-8-14(17)9-7-12/h2-9,16,20H,10-11,18H2,1H3/t16-/m0/s1. The highest BCUT2D eigenvalue weighted by Crippen LogP contribution is 2.19. The predicted octanol–water partition coefficient (Wildman–Crippen LogP) is 3.09. The lowest BCUT2D eigenvalue weighted by Gasteiger charge is -2.21. The van der Waals surface area contributed by atoms with Crippen LogP contribution in [0.15, 0.2) is 48.5 Å². The average molecular weight is 291 g/mol. The molecule has 0 spiro atoms. The van der Waals surface area contributed by atoms with Gasteiger partial charge in [-0.25, -0.2) is 0 Å². The summed E-state index contributed by atoms with van der Waals surface area (Å²) in [4.78, 5) is 2.05. The highest BCUT2D eigenvalue weighted by molar-refractivity contribution is 6.30. The van der Waals surface area contributed by atoms with Crippen LogP contribution in [-0.2, 0) is 6.54 Å². The smallest absolute Gasteiger partial charge is 0.0916 e. The summed E-state index contributed by atoms with van der Waals surface area (Å²) in [6.07, 6.45) is -0.540. The second kappa shape index (κ2) is 6.75. The molecule has 0 saturated carbocycles. The molecular formula is C16H19ClN2O. The van der Waals surface area contributed by atoms with Crippen LogP contribution in [0.25, 0.3) is 0 Å². The fourth-order valence-corrected chi connectivity index (χ4v) is 2.25. The summed E-state index contributed by atoms with van der Waals surface area (Å²) in [6, 6.07) is 15.0. The third-order valence-electron chi connectivity index (χ3n) is 3.23. The Morgan fingerprint density at radius 2 is 1.80 bits per heavy atom. The maximum absolute atomic E-state index is 10.2. The van der Waals surface area contributed by atoms with Gasteiger partial charge in [-0.2, -0.15) is 0 Å². The number of nitrogen functional groups attached to an aromatic ring is 1. The van der Waals surface area contributed by atoms with E-state index in [2.05, 4.69) is 0 Å². The van der Waals surface area contributed by atoms with Crippen molar-refractivity contribution in [2.75, 3.05) is 19.3 Å². The van der Waals surface area contributed by atoms with Crippen LogP contribution in [0.4, 0.5) is 5.69 Å². The zero-order valence-corrected chi connectivity index (χ0v) is 12.2. The number of likely N-dealkylation sites (N-methyl/N-ethyl adjacent to an activating group) is 1. The van der Waals surface area contributed by atoms with E-state index in [1.54, 1.807) is 12.1 Å². The first-order valence-electron chi connectivity index (χ1n) is 6.51. The number of hydrogen-bond acceptors (Lipinski definition) is 3. The molecule has 2 aromatic carbocycles. The fourth-order valence-electron chi connectivity index (χ4n) is 2.12. The number of nitrogens with zero attached hydrogens (tertiary/aromatic N) is 1. The lowest BCUT2D eigenvalue weighted by molar-refractivity contribution is 0.124. The van der Waals surface area contributed by atoms with E-state index < -0.39 is 6.10 Å². The van der Waals surface area contributed by atoms with Crippen LogP contribution in [0.1, 0.15) is 17.2 Å². The molecule has 0 bridgehead atoms. The van der Waals surface area contributed by atoms with Gasteiger partial charge in [0.1, 0.15) is 0 Å². The van der Waals surface area contributed by atoms with Gasteiger partial charge in [0, 0.05) is 23.8 Å². The largest absolute Gasteiger partial charge is 0.398 e. The molecule has 0 aromatic heterocycles. The average Bonchev–Trinajstić information content (AvgIpc) is 2.42. The van der Waals surface area contributed by atoms with Gasteiger partial charge in [0.05, 0.1) is 6.10 Å². The Morgan fingerprint density at radius 1 is 1.15 bits per heavy atom. The van der Waals surface area contributed by atoms with E-state index in [-0.39, 0.29) is 0 Å². The molecule has 0 radical (unpaired) electrons. The van der Waals surface area contributed by atoms with Crippen molar-refractivity contribution in [3.05, 3.63) is 64.7 Å². The van der Waals surface area contributed by atoms with Crippen molar-refractivity contribution in [1.82, 2.24) is 4.90 Å². The Labute approximate surface area is 124 Å². The van der Waals surface area contributed by atoms with Crippen LogP contribution < -0.4 is 5.73 Å². The Balaban J connectivity index is 1.96. The van der Waals surface area contributed by atoms with Gasteiger partial charge in [0.15, 0.2) is 0 Å². The minimum Gasteiger partial charge on any atom is -0.398 e. The molecule has 20 heavy (non-hydrogen) atoms. The summed E-state index contributed by atoms with van der Waals surface area (Å²) in [5, 5.41) is 10.9. The minimum atomic E-state index is -0.540. The molecule has 3 N–H and O–H groups in total. The van der Waals surface area contributed by atoms with Crippen molar-refractivity contribution in [2.24, 2.45) is 0 Å². The maximum atomic E-state index is 10.2. The van der Waals surface area contributed by atoms with Gasteiger partial charge in [-0.3, -0.25) is 4.90 Å². The monoisotopic (exact) mass is 290 g/mol. The van der Waals surface area contributed by atoms with Gasteiger partial charge in [-0.05, 0) is 36.4 Å². The molecule has 3 nitrogen and oxygen atoms in total. The number of anilines is 1. The zero-order valence-electron chi connectivity index (χ0n) is 11.5. The van der Waals surface area contributed by atoms with Crippen LogP contribution in [-0.4, -0.2) is 23.6 Å². The zero-order chi connectivity index (χ0) is 14.5. The number of halogens is 1. The molecule has 2 aromatic rings. The van der Waals surface area contributed by atoms with Gasteiger partial charge < -0.3 is 10.8 Å². The Bertz CT molecular complexity index is 557. The van der Waals surface area contributed by atoms with E-state index in [1.807, 2.05) is 48.3 Å². The van der Waals surface area contributed by atoms with Gasteiger partial charge in [-0.15, -0.1) is 0 Å². The molecule has 0 saturated heterocycles. The second-order valence-corrected chi connectivity index (χ2v) is 5.40. The summed E-state index contributed by atoms with van der Waals surface area (Å²) >= 11 is 5.84. The third kappa shape index (κ3) is 3.97. The summed E-state index contributed by atoms with van der Waals surface area (Å²) < 4.78 is 0. The van der Waals surface area contributed by atoms with Crippen molar-refractivity contribution >= 4 is 17.3 Å². The number of aliphatic hydroxyl groups excluding tert-OH is 1. The number of hydrogen-bond donors (Lipinski definition) is 2. The second-order valence-electron chi connectivity index (χ2n) is 4.96. The summed E-state index contributed by atoms with van der Waals surface area (Å²) in [5.74, 6) is 0. The van der Waals surface area contributed by atoms with Gasteiger partial charge in [0.2, 0.25) is 0 Å². The minimum absolute atomic E-state index is 0.538. The number of nitrogens with two attached hydrogens (primary N) is 1. The van der Waals surface area contributed by atoms with Gasteiger partial charge >= 0.3 is 0 Å². The molecular weight excluding hydrogens is 272 g/mol. The SMILES string of the molecule is CN(Cc1ccccc1N)C[C@H](O)c1ccc(Cl)cc1. The lowest BCUT2D eigenvalue weighted by atomic mass is 10.1. The quantitative estimate of drug-likeness (QED) is 0.832. The number of para-hydroxylation sites is 1. The molecule has 0 aliphatic carbocycles. The van der Waals surface area contributed by atoms with E-state index >= 15 is 0 Å². The normalized spacial score (nSPS) is 12.6. The first-order chi connectivity index (χ1) is 9.56. The molecule has 106 valence electrons. The molecule has 4 heteroatoms. The summed E-state index contributed by atoms with van der Waals surface area (Å²) in [5.41, 5.74) is 8.63. The molecule has 0 heterocycles. The number of aliphatic hydroxyl groups is 1. The number of benzene rings is 2. The van der Waals surface area contributed by atoms with E-state index in [0.717, 1.165) is 16.8 Å². The molecule has 0 aliphatic rings. The molecule has 0 unspecified atom stereocenters. The van der Waals surface area contributed by atoms with Crippen LogP contribution in [0.5, 0.6) is 0 Å². The predicted molar refractivity (Wildman–Crippen MR) is 83.6 cm³/mol. The summed E-state index contributed by atoms with van der Waals surface area (Å²) in [6.45, 7) is 1.24. The molecule has 0 fully saturated rings. The van der Waals surface area contributed by atoms with Crippen LogP contribution in [0.2, 0.25) is 5.02 Å². The van der Waals surface area contributed by atoms with E-state index in [1.165, 1.54) is 0 Å². The van der Waals surface area contributed by atoms with Crippen molar-refractivity contribution in [2.45, 2.75) is 12.6 Å². The maximum Gasteiger partial charge on any atom is 0.0916 e. The van der Waals surface area contributed by atoms with Gasteiger partial charge in [-0.1, -0.05) is 41.9 Å². The Morgan fingerprint density at radius 3 is 2.45 bits per heavy atom. The Kier molecular flexibility index (Phi) is 5.01. The first-order valence-corrected chi connectivity index (χ1v) is 6.89. The van der Waals surface area contributed by atoms with Crippen LogP contribution in [0, 0.1) is 0 Å². The topological polar surface area (TPSA) is 49.5 Å². The Hall–Kier alpha value is -1.55. The summed E-state index contributed by atoms with van der Waals surface area (Å²) in [7, 11) is 1.96. The van der Waals surface area contributed by atoms with E-state index in [0.29, 0.717) is 18.1 Å². The molecule has 0 amide bonds. The molecule has 1 atom stereocenters.